The molecule has 3 aromatic heterocycles. The van der Waals surface area contributed by atoms with Crippen molar-refractivity contribution in [2.24, 2.45) is 0 Å². The van der Waals surface area contributed by atoms with Crippen LogP contribution in [0.4, 0.5) is 10.2 Å². The van der Waals surface area contributed by atoms with Crippen molar-refractivity contribution in [1.82, 2.24) is 24.7 Å². The van der Waals surface area contributed by atoms with Crippen molar-refractivity contribution in [2.45, 2.75) is 31.4 Å². The molecule has 5 rings (SSSR count). The number of aryl methyl sites for hydroxylation is 2. The van der Waals surface area contributed by atoms with Gasteiger partial charge in [0.15, 0.2) is 22.5 Å². The molecule has 0 atom stereocenters. The molecule has 2 N–H and O–H groups in total. The van der Waals surface area contributed by atoms with Gasteiger partial charge in [0.1, 0.15) is 23.1 Å². The number of nitrogen functional groups attached to an aromatic ring is 1. The van der Waals surface area contributed by atoms with Crippen LogP contribution in [0, 0.1) is 19.7 Å². The first-order chi connectivity index (χ1) is 16.5. The summed E-state index contributed by atoms with van der Waals surface area (Å²) >= 11 is 3.07. The fourth-order valence-electron chi connectivity index (χ4n) is 3.55. The van der Waals surface area contributed by atoms with Gasteiger partial charge < -0.3 is 10.5 Å². The van der Waals surface area contributed by atoms with Gasteiger partial charge >= 0.3 is 0 Å². The van der Waals surface area contributed by atoms with Crippen LogP contribution < -0.4 is 10.5 Å². The SMILES string of the molecule is Cc1sc2nc(CSc3nnc(COc4ccccc4F)n3-c3ccccc3)nc(N)c2c1C. The summed E-state index contributed by atoms with van der Waals surface area (Å²) < 4.78 is 21.6. The minimum absolute atomic E-state index is 0.0620. The van der Waals surface area contributed by atoms with Crippen LogP contribution >= 0.6 is 23.1 Å². The number of ether oxygens (including phenoxy) is 1. The smallest absolute Gasteiger partial charge is 0.196 e. The Hall–Kier alpha value is -3.50. The van der Waals surface area contributed by atoms with Gasteiger partial charge in [0.2, 0.25) is 0 Å². The Balaban J connectivity index is 1.42. The van der Waals surface area contributed by atoms with Gasteiger partial charge in [0.05, 0.1) is 11.1 Å². The molecule has 0 amide bonds. The molecule has 0 fully saturated rings. The minimum Gasteiger partial charge on any atom is -0.483 e. The maximum Gasteiger partial charge on any atom is 0.196 e. The van der Waals surface area contributed by atoms with E-state index in [0.717, 1.165) is 21.5 Å². The number of halogens is 1. The molecule has 0 aliphatic rings. The number of fused-ring (bicyclic) bond motifs is 1. The van der Waals surface area contributed by atoms with Gasteiger partial charge in [-0.1, -0.05) is 42.1 Å². The quantitative estimate of drug-likeness (QED) is 0.301. The summed E-state index contributed by atoms with van der Waals surface area (Å²) in [6.07, 6.45) is 0. The molecule has 0 unspecified atom stereocenters. The number of anilines is 1. The van der Waals surface area contributed by atoms with Gasteiger partial charge in [0, 0.05) is 10.6 Å². The predicted molar refractivity (Wildman–Crippen MR) is 133 cm³/mol. The van der Waals surface area contributed by atoms with Crippen molar-refractivity contribution in [3.63, 3.8) is 0 Å². The molecule has 3 heterocycles. The lowest BCUT2D eigenvalue weighted by Crippen LogP contribution is -2.07. The maximum absolute atomic E-state index is 14.0. The lowest BCUT2D eigenvalue weighted by atomic mass is 10.2. The molecule has 0 saturated carbocycles. The highest BCUT2D eigenvalue weighted by molar-refractivity contribution is 7.98. The number of thioether (sulfide) groups is 1. The number of aromatic nitrogens is 5. The zero-order chi connectivity index (χ0) is 23.7. The van der Waals surface area contributed by atoms with E-state index in [1.807, 2.05) is 41.8 Å². The normalized spacial score (nSPS) is 11.3. The van der Waals surface area contributed by atoms with Gasteiger partial charge in [0.25, 0.3) is 0 Å². The van der Waals surface area contributed by atoms with Crippen LogP contribution in [0.5, 0.6) is 5.75 Å². The number of thiophene rings is 1. The summed E-state index contributed by atoms with van der Waals surface area (Å²) in [5.74, 6) is 1.88. The zero-order valence-electron chi connectivity index (χ0n) is 18.5. The Morgan fingerprint density at radius 1 is 1.03 bits per heavy atom. The molecule has 34 heavy (non-hydrogen) atoms. The minimum atomic E-state index is -0.424. The first kappa shape index (κ1) is 22.3. The maximum atomic E-state index is 14.0. The first-order valence-electron chi connectivity index (χ1n) is 10.5. The molecule has 2 aromatic carbocycles. The molecule has 172 valence electrons. The average molecular weight is 493 g/mol. The second kappa shape index (κ2) is 9.40. The van der Waals surface area contributed by atoms with Crippen LogP contribution in [0.3, 0.4) is 0 Å². The van der Waals surface area contributed by atoms with Gasteiger partial charge in [-0.25, -0.2) is 14.4 Å². The first-order valence-corrected chi connectivity index (χ1v) is 12.3. The highest BCUT2D eigenvalue weighted by atomic mass is 32.2. The number of nitrogens with two attached hydrogens (primary N) is 1. The van der Waals surface area contributed by atoms with E-state index >= 15 is 0 Å². The lowest BCUT2D eigenvalue weighted by Gasteiger charge is -2.11. The van der Waals surface area contributed by atoms with Crippen LogP contribution in [0.25, 0.3) is 15.9 Å². The van der Waals surface area contributed by atoms with Crippen molar-refractivity contribution in [3.8, 4) is 11.4 Å². The molecular weight excluding hydrogens is 471 g/mol. The molecule has 0 saturated heterocycles. The lowest BCUT2D eigenvalue weighted by molar-refractivity contribution is 0.278. The molecule has 0 bridgehead atoms. The number of nitrogens with zero attached hydrogens (tertiary/aromatic N) is 5. The predicted octanol–water partition coefficient (Wildman–Crippen LogP) is 5.48. The highest BCUT2D eigenvalue weighted by Gasteiger charge is 2.18. The van der Waals surface area contributed by atoms with Crippen LogP contribution in [0.15, 0.2) is 59.8 Å². The Morgan fingerprint density at radius 2 is 1.79 bits per heavy atom. The number of hydrogen-bond donors (Lipinski definition) is 1. The van der Waals surface area contributed by atoms with Crippen molar-refractivity contribution < 1.29 is 9.13 Å². The van der Waals surface area contributed by atoms with Gasteiger partial charge in [-0.3, -0.25) is 4.57 Å². The summed E-state index contributed by atoms with van der Waals surface area (Å²) in [6.45, 7) is 4.16. The second-order valence-electron chi connectivity index (χ2n) is 7.57. The van der Waals surface area contributed by atoms with Crippen LogP contribution in [0.2, 0.25) is 0 Å². The van der Waals surface area contributed by atoms with E-state index in [0.29, 0.717) is 28.4 Å². The van der Waals surface area contributed by atoms with Gasteiger partial charge in [-0.15, -0.1) is 21.5 Å². The summed E-state index contributed by atoms with van der Waals surface area (Å²) in [6, 6.07) is 16.0. The van der Waals surface area contributed by atoms with E-state index in [-0.39, 0.29) is 12.4 Å². The third kappa shape index (κ3) is 4.34. The van der Waals surface area contributed by atoms with E-state index in [1.165, 1.54) is 22.7 Å². The topological polar surface area (TPSA) is 91.7 Å². The van der Waals surface area contributed by atoms with Crippen LogP contribution in [-0.4, -0.2) is 24.7 Å². The number of rotatable bonds is 7. The largest absolute Gasteiger partial charge is 0.483 e. The number of para-hydroxylation sites is 2. The molecule has 0 radical (unpaired) electrons. The summed E-state index contributed by atoms with van der Waals surface area (Å²) in [5.41, 5.74) is 8.24. The zero-order valence-corrected chi connectivity index (χ0v) is 20.2. The second-order valence-corrected chi connectivity index (χ2v) is 9.71. The van der Waals surface area contributed by atoms with E-state index in [1.54, 1.807) is 29.5 Å². The molecule has 7 nitrogen and oxygen atoms in total. The third-order valence-electron chi connectivity index (χ3n) is 5.34. The molecule has 5 aromatic rings. The van der Waals surface area contributed by atoms with Crippen molar-refractivity contribution in [1.29, 1.82) is 0 Å². The molecule has 10 heteroatoms. The van der Waals surface area contributed by atoms with E-state index in [4.69, 9.17) is 15.5 Å². The summed E-state index contributed by atoms with van der Waals surface area (Å²) in [5, 5.41) is 10.3. The van der Waals surface area contributed by atoms with E-state index < -0.39 is 5.82 Å². The Morgan fingerprint density at radius 3 is 2.59 bits per heavy atom. The van der Waals surface area contributed by atoms with Crippen LogP contribution in [0.1, 0.15) is 22.1 Å². The molecular formula is C24H21FN6OS2. The Bertz CT molecular complexity index is 1470. The Kier molecular flexibility index (Phi) is 6.16. The average Bonchev–Trinajstić information content (AvgIpc) is 3.37. The molecule has 0 aliphatic heterocycles. The van der Waals surface area contributed by atoms with E-state index in [2.05, 4.69) is 22.1 Å². The van der Waals surface area contributed by atoms with Crippen molar-refractivity contribution >= 4 is 39.1 Å². The van der Waals surface area contributed by atoms with E-state index in [9.17, 15) is 4.39 Å². The molecule has 0 aliphatic carbocycles. The van der Waals surface area contributed by atoms with Gasteiger partial charge in [-0.05, 0) is 43.7 Å². The highest BCUT2D eigenvalue weighted by Crippen LogP contribution is 2.33. The monoisotopic (exact) mass is 492 g/mol. The van der Waals surface area contributed by atoms with Crippen molar-refractivity contribution in [2.75, 3.05) is 5.73 Å². The summed E-state index contributed by atoms with van der Waals surface area (Å²) in [4.78, 5) is 11.3. The fourth-order valence-corrected chi connectivity index (χ4v) is 5.43. The Labute approximate surface area is 203 Å². The standard InChI is InChI=1S/C24H21FN6OS2/c1-14-15(2)34-23-21(14)22(26)27-19(28-23)13-33-24-30-29-20(31(24)16-8-4-3-5-9-16)12-32-18-11-7-6-10-17(18)25/h3-11H,12-13H2,1-2H3,(H2,26,27,28). The number of benzene rings is 2. The molecule has 0 spiro atoms. The third-order valence-corrected chi connectivity index (χ3v) is 7.37. The number of hydrogen-bond acceptors (Lipinski definition) is 8. The van der Waals surface area contributed by atoms with Crippen molar-refractivity contribution in [3.05, 3.63) is 82.5 Å². The summed E-state index contributed by atoms with van der Waals surface area (Å²) in [7, 11) is 0. The van der Waals surface area contributed by atoms with Gasteiger partial charge in [-0.2, -0.15) is 0 Å². The van der Waals surface area contributed by atoms with Crippen LogP contribution in [-0.2, 0) is 12.4 Å². The fraction of sp³-hybridized carbons (Fsp3) is 0.167.